The lowest BCUT2D eigenvalue weighted by Gasteiger charge is -2.08. The second kappa shape index (κ2) is 7.70. The summed E-state index contributed by atoms with van der Waals surface area (Å²) in [6.45, 7) is 2.08. The van der Waals surface area contributed by atoms with Crippen molar-refractivity contribution in [3.05, 3.63) is 59.7 Å². The number of amides is 1. The van der Waals surface area contributed by atoms with Crippen LogP contribution in [0, 0.1) is 6.92 Å². The number of rotatable bonds is 7. The summed E-state index contributed by atoms with van der Waals surface area (Å²) in [4.78, 5) is 12.3. The minimum Gasteiger partial charge on any atom is -0.326 e. The van der Waals surface area contributed by atoms with Gasteiger partial charge in [-0.3, -0.25) is 4.79 Å². The fourth-order valence-corrected chi connectivity index (χ4v) is 3.12. The third-order valence-electron chi connectivity index (χ3n) is 4.78. The molecule has 4 rings (SSSR count). The number of hydrogen-bond acceptors (Lipinski definition) is 4. The molecule has 0 spiro atoms. The van der Waals surface area contributed by atoms with Gasteiger partial charge in [0.2, 0.25) is 5.91 Å². The first-order valence-electron chi connectivity index (χ1n) is 9.43. The second-order valence-corrected chi connectivity index (χ2v) is 7.15. The summed E-state index contributed by atoms with van der Waals surface area (Å²) < 4.78 is 1.88. The molecular weight excluding hydrogens is 338 g/mol. The molecule has 0 saturated heterocycles. The van der Waals surface area contributed by atoms with Crippen LogP contribution < -0.4 is 5.32 Å². The van der Waals surface area contributed by atoms with E-state index in [9.17, 15) is 4.79 Å². The Labute approximate surface area is 158 Å². The van der Waals surface area contributed by atoms with Gasteiger partial charge in [0, 0.05) is 17.7 Å². The molecule has 1 heterocycles. The lowest BCUT2D eigenvalue weighted by Crippen LogP contribution is -2.11. The average Bonchev–Trinajstić information content (AvgIpc) is 3.40. The zero-order valence-corrected chi connectivity index (χ0v) is 15.4. The van der Waals surface area contributed by atoms with E-state index in [1.807, 2.05) is 28.9 Å². The summed E-state index contributed by atoms with van der Waals surface area (Å²) in [7, 11) is 0. The Hall–Kier alpha value is -3.02. The molecule has 1 aliphatic carbocycles. The maximum absolute atomic E-state index is 12.3. The molecule has 3 aromatic rings. The first-order chi connectivity index (χ1) is 13.2. The van der Waals surface area contributed by atoms with Crippen LogP contribution in [0.4, 0.5) is 5.69 Å². The van der Waals surface area contributed by atoms with E-state index in [-0.39, 0.29) is 5.91 Å². The van der Waals surface area contributed by atoms with Crippen LogP contribution in [0.2, 0.25) is 0 Å². The maximum Gasteiger partial charge on any atom is 0.224 e. The van der Waals surface area contributed by atoms with Gasteiger partial charge in [0.05, 0.1) is 6.04 Å². The molecule has 0 unspecified atom stereocenters. The van der Waals surface area contributed by atoms with Crippen LogP contribution in [-0.4, -0.2) is 26.1 Å². The fourth-order valence-electron chi connectivity index (χ4n) is 3.12. The van der Waals surface area contributed by atoms with Crippen molar-refractivity contribution in [1.82, 2.24) is 20.2 Å². The lowest BCUT2D eigenvalue weighted by molar-refractivity contribution is -0.116. The minimum absolute atomic E-state index is 0.0287. The maximum atomic E-state index is 12.3. The van der Waals surface area contributed by atoms with Gasteiger partial charge in [-0.25, -0.2) is 4.68 Å². The smallest absolute Gasteiger partial charge is 0.224 e. The van der Waals surface area contributed by atoms with Gasteiger partial charge in [-0.15, -0.1) is 5.10 Å². The molecule has 138 valence electrons. The molecule has 1 saturated carbocycles. The van der Waals surface area contributed by atoms with Crippen molar-refractivity contribution in [2.24, 2.45) is 0 Å². The van der Waals surface area contributed by atoms with Crippen molar-refractivity contribution in [2.45, 2.75) is 45.1 Å². The minimum atomic E-state index is 0.0287. The van der Waals surface area contributed by atoms with Gasteiger partial charge in [-0.1, -0.05) is 42.0 Å². The summed E-state index contributed by atoms with van der Waals surface area (Å²) in [5.74, 6) is 0.786. The fraction of sp³-hybridized carbons (Fsp3) is 0.333. The highest BCUT2D eigenvalue weighted by Crippen LogP contribution is 2.36. The summed E-state index contributed by atoms with van der Waals surface area (Å²) in [6, 6.07) is 16.6. The average molecular weight is 361 g/mol. The van der Waals surface area contributed by atoms with E-state index in [1.54, 1.807) is 0 Å². The van der Waals surface area contributed by atoms with Crippen LogP contribution in [0.5, 0.6) is 0 Å². The van der Waals surface area contributed by atoms with E-state index in [2.05, 4.69) is 52.0 Å². The normalized spacial score (nSPS) is 13.5. The number of aromatic nitrogens is 4. The number of hydrogen-bond donors (Lipinski definition) is 1. The van der Waals surface area contributed by atoms with E-state index in [1.165, 1.54) is 11.1 Å². The summed E-state index contributed by atoms with van der Waals surface area (Å²) in [5.41, 5.74) is 4.22. The highest BCUT2D eigenvalue weighted by molar-refractivity contribution is 5.91. The van der Waals surface area contributed by atoms with Crippen LogP contribution in [0.25, 0.3) is 11.4 Å². The molecule has 1 fully saturated rings. The molecule has 1 amide bonds. The van der Waals surface area contributed by atoms with Crippen LogP contribution >= 0.6 is 0 Å². The van der Waals surface area contributed by atoms with E-state index in [0.717, 1.165) is 42.8 Å². The van der Waals surface area contributed by atoms with Crippen molar-refractivity contribution in [2.75, 3.05) is 5.32 Å². The molecule has 0 aliphatic heterocycles. The number of nitrogens with zero attached hydrogens (tertiary/aromatic N) is 4. The number of aryl methyl sites for hydroxylation is 2. The number of tetrazole rings is 1. The molecule has 2 aromatic carbocycles. The monoisotopic (exact) mass is 361 g/mol. The van der Waals surface area contributed by atoms with Crippen molar-refractivity contribution in [3.63, 3.8) is 0 Å². The first kappa shape index (κ1) is 17.4. The number of benzene rings is 2. The van der Waals surface area contributed by atoms with Gasteiger partial charge in [0.15, 0.2) is 5.82 Å². The van der Waals surface area contributed by atoms with Crippen LogP contribution in [0.3, 0.4) is 0 Å². The molecule has 6 heteroatoms. The van der Waals surface area contributed by atoms with Crippen molar-refractivity contribution in [1.29, 1.82) is 0 Å². The molecule has 0 atom stereocenters. The van der Waals surface area contributed by atoms with E-state index < -0.39 is 0 Å². The summed E-state index contributed by atoms with van der Waals surface area (Å²) in [6.07, 6.45) is 4.47. The Morgan fingerprint density at radius 1 is 1.19 bits per heavy atom. The summed E-state index contributed by atoms with van der Waals surface area (Å²) in [5, 5.41) is 15.0. The highest BCUT2D eigenvalue weighted by atomic mass is 16.1. The van der Waals surface area contributed by atoms with E-state index >= 15 is 0 Å². The van der Waals surface area contributed by atoms with Crippen molar-refractivity contribution >= 4 is 11.6 Å². The zero-order valence-electron chi connectivity index (χ0n) is 15.4. The largest absolute Gasteiger partial charge is 0.326 e. The molecule has 1 aliphatic rings. The van der Waals surface area contributed by atoms with E-state index in [4.69, 9.17) is 0 Å². The standard InChI is InChI=1S/C21H23N5O/c1-15-8-10-16(11-9-15)4-2-7-20(27)22-18-6-3-5-17(14-18)21-23-24-25-26(21)19-12-13-19/h3,5-6,8-11,14,19H,2,4,7,12-13H2,1H3,(H,22,27). The van der Waals surface area contributed by atoms with Gasteiger partial charge >= 0.3 is 0 Å². The van der Waals surface area contributed by atoms with Gasteiger partial charge in [-0.2, -0.15) is 0 Å². The van der Waals surface area contributed by atoms with Crippen LogP contribution in [-0.2, 0) is 11.2 Å². The van der Waals surface area contributed by atoms with Crippen molar-refractivity contribution < 1.29 is 4.79 Å². The molecule has 27 heavy (non-hydrogen) atoms. The van der Waals surface area contributed by atoms with Crippen LogP contribution in [0.15, 0.2) is 48.5 Å². The molecule has 0 bridgehead atoms. The Balaban J connectivity index is 1.34. The SMILES string of the molecule is Cc1ccc(CCCC(=O)Nc2cccc(-c3nnnn3C3CC3)c2)cc1. The van der Waals surface area contributed by atoms with Gasteiger partial charge in [0.1, 0.15) is 0 Å². The summed E-state index contributed by atoms with van der Waals surface area (Å²) >= 11 is 0. The molecule has 1 aromatic heterocycles. The predicted molar refractivity (Wildman–Crippen MR) is 104 cm³/mol. The van der Waals surface area contributed by atoms with Gasteiger partial charge in [0.25, 0.3) is 0 Å². The Morgan fingerprint density at radius 2 is 2.00 bits per heavy atom. The zero-order chi connectivity index (χ0) is 18.6. The van der Waals surface area contributed by atoms with Crippen LogP contribution in [0.1, 0.15) is 42.9 Å². The second-order valence-electron chi connectivity index (χ2n) is 7.15. The number of carbonyl (C=O) groups is 1. The predicted octanol–water partition coefficient (Wildman–Crippen LogP) is 3.94. The van der Waals surface area contributed by atoms with Gasteiger partial charge < -0.3 is 5.32 Å². The first-order valence-corrected chi connectivity index (χ1v) is 9.43. The molecule has 0 radical (unpaired) electrons. The number of nitrogens with one attached hydrogen (secondary N) is 1. The third kappa shape index (κ3) is 4.39. The topological polar surface area (TPSA) is 72.7 Å². The molecule has 6 nitrogen and oxygen atoms in total. The lowest BCUT2D eigenvalue weighted by atomic mass is 10.1. The number of carbonyl (C=O) groups excluding carboxylic acids is 1. The Bertz CT molecular complexity index is 928. The molecule has 1 N–H and O–H groups in total. The Morgan fingerprint density at radius 3 is 2.78 bits per heavy atom. The molecular formula is C21H23N5O. The quantitative estimate of drug-likeness (QED) is 0.692. The number of anilines is 1. The Kier molecular flexibility index (Phi) is 4.96. The third-order valence-corrected chi connectivity index (χ3v) is 4.78. The van der Waals surface area contributed by atoms with Gasteiger partial charge in [-0.05, 0) is 60.7 Å². The van der Waals surface area contributed by atoms with E-state index in [0.29, 0.717) is 12.5 Å². The highest BCUT2D eigenvalue weighted by Gasteiger charge is 2.28. The van der Waals surface area contributed by atoms with Crippen molar-refractivity contribution in [3.8, 4) is 11.4 Å².